The van der Waals surface area contributed by atoms with Gasteiger partial charge in [0.2, 0.25) is 6.10 Å². The molecule has 1 saturated heterocycles. The zero-order valence-electron chi connectivity index (χ0n) is 17.5. The van der Waals surface area contributed by atoms with Crippen LogP contribution < -0.4 is 0 Å². The van der Waals surface area contributed by atoms with Crippen LogP contribution in [0.5, 0.6) is 0 Å². The highest BCUT2D eigenvalue weighted by Crippen LogP contribution is 2.37. The standard InChI is InChI=1S/C17H28O11Si/c1-9(18)23-8-13-14(24-10(2)19)15(25-11(3)20)16(26-12(4)21)17(22,27-13)28-29(5,6)7/h13-16,22H,8H2,1-7H3/t13-,14+,15+,16-,17-/m1/s1. The Balaban J connectivity index is 3.47. The predicted molar refractivity (Wildman–Crippen MR) is 97.5 cm³/mol. The number of hydrogen-bond donors (Lipinski definition) is 1. The second-order valence-corrected chi connectivity index (χ2v) is 11.9. The minimum absolute atomic E-state index is 0.449. The van der Waals surface area contributed by atoms with Gasteiger partial charge in [-0.15, -0.1) is 0 Å². The first-order valence-electron chi connectivity index (χ1n) is 8.90. The summed E-state index contributed by atoms with van der Waals surface area (Å²) in [6.45, 7) is 9.18. The molecule has 1 rings (SSSR count). The summed E-state index contributed by atoms with van der Waals surface area (Å²) < 4.78 is 31.8. The van der Waals surface area contributed by atoms with E-state index < -0.39 is 69.2 Å². The molecule has 1 aliphatic rings. The van der Waals surface area contributed by atoms with Crippen LogP contribution in [0.4, 0.5) is 0 Å². The lowest BCUT2D eigenvalue weighted by molar-refractivity contribution is -0.425. The van der Waals surface area contributed by atoms with Crippen molar-refractivity contribution in [2.24, 2.45) is 0 Å². The summed E-state index contributed by atoms with van der Waals surface area (Å²) in [6, 6.07) is 0. The van der Waals surface area contributed by atoms with Crippen LogP contribution in [-0.2, 0) is 47.3 Å². The molecule has 0 bridgehead atoms. The lowest BCUT2D eigenvalue weighted by Crippen LogP contribution is -2.70. The van der Waals surface area contributed by atoms with Crippen LogP contribution in [0.1, 0.15) is 27.7 Å². The monoisotopic (exact) mass is 436 g/mol. The van der Waals surface area contributed by atoms with Gasteiger partial charge in [-0.1, -0.05) is 0 Å². The second-order valence-electron chi connectivity index (χ2n) is 7.48. The van der Waals surface area contributed by atoms with Crippen LogP contribution in [0.2, 0.25) is 19.6 Å². The average molecular weight is 436 g/mol. The van der Waals surface area contributed by atoms with Crippen LogP contribution >= 0.6 is 0 Å². The first-order valence-corrected chi connectivity index (χ1v) is 12.3. The lowest BCUT2D eigenvalue weighted by Gasteiger charge is -2.49. The number of esters is 4. The normalized spacial score (nSPS) is 29.5. The fourth-order valence-electron chi connectivity index (χ4n) is 2.77. The average Bonchev–Trinajstić information content (AvgIpc) is 2.49. The number of carbonyl (C=O) groups is 4. The molecule has 1 N–H and O–H groups in total. The minimum atomic E-state index is -2.54. The van der Waals surface area contributed by atoms with Crippen LogP contribution in [0.3, 0.4) is 0 Å². The Morgan fingerprint density at radius 2 is 1.34 bits per heavy atom. The third kappa shape index (κ3) is 7.72. The van der Waals surface area contributed by atoms with Gasteiger partial charge in [-0.2, -0.15) is 0 Å². The smallest absolute Gasteiger partial charge is 0.315 e. The predicted octanol–water partition coefficient (Wildman–Crippen LogP) is 0.241. The maximum atomic E-state index is 11.7. The molecule has 0 aromatic heterocycles. The fraction of sp³-hybridized carbons (Fsp3) is 0.765. The summed E-state index contributed by atoms with van der Waals surface area (Å²) in [6.07, 6.45) is -5.80. The van der Waals surface area contributed by atoms with Gasteiger partial charge in [-0.3, -0.25) is 19.2 Å². The molecule has 29 heavy (non-hydrogen) atoms. The fourth-order valence-corrected chi connectivity index (χ4v) is 3.81. The number of rotatable bonds is 7. The molecular formula is C17H28O11Si. The summed E-state index contributed by atoms with van der Waals surface area (Å²) in [4.78, 5) is 46.2. The van der Waals surface area contributed by atoms with Crippen molar-refractivity contribution in [1.82, 2.24) is 0 Å². The third-order valence-electron chi connectivity index (χ3n) is 3.47. The van der Waals surface area contributed by atoms with Gasteiger partial charge in [0.1, 0.15) is 12.7 Å². The topological polar surface area (TPSA) is 144 Å². The number of ether oxygens (including phenoxy) is 5. The van der Waals surface area contributed by atoms with Crippen molar-refractivity contribution in [2.75, 3.05) is 6.61 Å². The van der Waals surface area contributed by atoms with Gasteiger partial charge in [0.15, 0.2) is 20.5 Å². The maximum absolute atomic E-state index is 11.7. The molecule has 12 heteroatoms. The molecule has 1 aliphatic heterocycles. The first-order chi connectivity index (χ1) is 13.1. The van der Waals surface area contributed by atoms with E-state index in [0.717, 1.165) is 27.7 Å². The Morgan fingerprint density at radius 1 is 0.862 bits per heavy atom. The van der Waals surface area contributed by atoms with Crippen molar-refractivity contribution in [3.05, 3.63) is 0 Å². The summed E-state index contributed by atoms with van der Waals surface area (Å²) in [5.41, 5.74) is 0. The van der Waals surface area contributed by atoms with Crippen LogP contribution in [-0.4, -0.2) is 74.3 Å². The molecule has 1 heterocycles. The Kier molecular flexibility index (Phi) is 8.32. The molecule has 0 amide bonds. The van der Waals surface area contributed by atoms with Crippen molar-refractivity contribution < 1.29 is 52.4 Å². The largest absolute Gasteiger partial charge is 0.463 e. The van der Waals surface area contributed by atoms with Gasteiger partial charge < -0.3 is 33.2 Å². The highest BCUT2D eigenvalue weighted by molar-refractivity contribution is 6.69. The van der Waals surface area contributed by atoms with E-state index in [4.69, 9.17) is 28.1 Å². The van der Waals surface area contributed by atoms with E-state index in [1.165, 1.54) is 0 Å². The molecule has 0 spiro atoms. The lowest BCUT2D eigenvalue weighted by atomic mass is 9.96. The van der Waals surface area contributed by atoms with Crippen molar-refractivity contribution in [1.29, 1.82) is 0 Å². The van der Waals surface area contributed by atoms with Gasteiger partial charge >= 0.3 is 29.9 Å². The SMILES string of the molecule is CC(=O)OC[C@H]1O[C@@](O)(O[Si](C)(C)C)[C@H](OC(C)=O)[C@@H](OC(C)=O)[C@H]1OC(C)=O. The Morgan fingerprint density at radius 3 is 1.76 bits per heavy atom. The minimum Gasteiger partial charge on any atom is -0.463 e. The molecule has 0 aliphatic carbocycles. The quantitative estimate of drug-likeness (QED) is 0.254. The van der Waals surface area contributed by atoms with E-state index in [2.05, 4.69) is 0 Å². The third-order valence-corrected chi connectivity index (χ3v) is 4.37. The molecule has 11 nitrogen and oxygen atoms in total. The van der Waals surface area contributed by atoms with E-state index in [1.807, 2.05) is 0 Å². The van der Waals surface area contributed by atoms with Gasteiger partial charge in [0.25, 0.3) is 0 Å². The Hall–Kier alpha value is -2.02. The molecule has 1 fully saturated rings. The van der Waals surface area contributed by atoms with Crippen molar-refractivity contribution in [3.8, 4) is 0 Å². The summed E-state index contributed by atoms with van der Waals surface area (Å²) in [7, 11) is -2.53. The van der Waals surface area contributed by atoms with E-state index in [0.29, 0.717) is 0 Å². The Bertz CT molecular complexity index is 644. The van der Waals surface area contributed by atoms with E-state index in [-0.39, 0.29) is 0 Å². The zero-order valence-corrected chi connectivity index (χ0v) is 18.5. The number of aliphatic hydroxyl groups is 1. The summed E-state index contributed by atoms with van der Waals surface area (Å²) in [5, 5.41) is 11.1. The van der Waals surface area contributed by atoms with Gasteiger partial charge in [-0.25, -0.2) is 0 Å². The molecular weight excluding hydrogens is 408 g/mol. The summed E-state index contributed by atoms with van der Waals surface area (Å²) >= 11 is 0. The van der Waals surface area contributed by atoms with Crippen molar-refractivity contribution in [2.45, 2.75) is 77.7 Å². The highest BCUT2D eigenvalue weighted by atomic mass is 28.4. The van der Waals surface area contributed by atoms with E-state index in [1.54, 1.807) is 19.6 Å². The zero-order chi connectivity index (χ0) is 22.6. The molecule has 0 aromatic rings. The van der Waals surface area contributed by atoms with E-state index in [9.17, 15) is 24.3 Å². The van der Waals surface area contributed by atoms with Crippen LogP contribution in [0.15, 0.2) is 0 Å². The molecule has 0 saturated carbocycles. The molecule has 0 radical (unpaired) electrons. The van der Waals surface area contributed by atoms with Crippen molar-refractivity contribution >= 4 is 32.2 Å². The molecule has 166 valence electrons. The van der Waals surface area contributed by atoms with E-state index >= 15 is 0 Å². The number of hydrogen-bond acceptors (Lipinski definition) is 11. The summed E-state index contributed by atoms with van der Waals surface area (Å²) in [5.74, 6) is -5.59. The Labute approximate surface area is 169 Å². The first kappa shape index (κ1) is 25.0. The van der Waals surface area contributed by atoms with Gasteiger partial charge in [-0.05, 0) is 19.6 Å². The van der Waals surface area contributed by atoms with Gasteiger partial charge in [0, 0.05) is 27.7 Å². The molecule has 5 atom stereocenters. The van der Waals surface area contributed by atoms with Crippen molar-refractivity contribution in [3.63, 3.8) is 0 Å². The van der Waals surface area contributed by atoms with Crippen LogP contribution in [0, 0.1) is 0 Å². The van der Waals surface area contributed by atoms with Gasteiger partial charge in [0.05, 0.1) is 0 Å². The number of carbonyl (C=O) groups excluding carboxylic acids is 4. The molecule has 0 unspecified atom stereocenters. The second kappa shape index (κ2) is 9.65. The van der Waals surface area contributed by atoms with Crippen LogP contribution in [0.25, 0.3) is 0 Å². The molecule has 0 aromatic carbocycles. The highest BCUT2D eigenvalue weighted by Gasteiger charge is 2.61. The maximum Gasteiger partial charge on any atom is 0.315 e.